The van der Waals surface area contributed by atoms with Crippen molar-refractivity contribution in [1.82, 2.24) is 15.2 Å². The number of hydrogen-bond acceptors (Lipinski definition) is 5. The molecule has 0 N–H and O–H groups in total. The highest BCUT2D eigenvalue weighted by Gasteiger charge is 2.10. The van der Waals surface area contributed by atoms with E-state index in [9.17, 15) is 4.55 Å². The Morgan fingerprint density at radius 1 is 1.50 bits per heavy atom. The Morgan fingerprint density at radius 2 is 2.17 bits per heavy atom. The van der Waals surface area contributed by atoms with Gasteiger partial charge in [0.1, 0.15) is 6.26 Å². The topological polar surface area (TPSA) is 65.0 Å². The Balaban J connectivity index is 2.96. The molecule has 5 nitrogen and oxygen atoms in total. The van der Waals surface area contributed by atoms with Crippen molar-refractivity contribution >= 4 is 17.0 Å². The van der Waals surface area contributed by atoms with Gasteiger partial charge < -0.3 is 9.45 Å². The molecule has 0 bridgehead atoms. The third-order valence-electron chi connectivity index (χ3n) is 1.24. The van der Waals surface area contributed by atoms with Crippen molar-refractivity contribution in [3.63, 3.8) is 0 Å². The molecule has 1 rings (SSSR count). The minimum Gasteiger partial charge on any atom is -0.609 e. The minimum atomic E-state index is -1.17. The van der Waals surface area contributed by atoms with E-state index in [-0.39, 0.29) is 5.16 Å². The standard InChI is InChI=1S/C6H10N4OS/c1-10(2)5-4-7-9-6(8-5)12(3)11/h4H,1-3H3. The average molecular weight is 186 g/mol. The Hall–Kier alpha value is -0.880. The quantitative estimate of drug-likeness (QED) is 0.592. The van der Waals surface area contributed by atoms with Crippen LogP contribution in [0.3, 0.4) is 0 Å². The summed E-state index contributed by atoms with van der Waals surface area (Å²) in [6, 6.07) is 0. The third kappa shape index (κ3) is 2.05. The Morgan fingerprint density at radius 3 is 2.67 bits per heavy atom. The normalized spacial score (nSPS) is 12.7. The van der Waals surface area contributed by atoms with Gasteiger partial charge >= 0.3 is 5.16 Å². The van der Waals surface area contributed by atoms with Crippen LogP contribution in [0.1, 0.15) is 0 Å². The molecular formula is C6H10N4OS. The zero-order chi connectivity index (χ0) is 9.14. The van der Waals surface area contributed by atoms with Gasteiger partial charge in [-0.3, -0.25) is 0 Å². The van der Waals surface area contributed by atoms with Gasteiger partial charge in [0, 0.05) is 25.3 Å². The maximum Gasteiger partial charge on any atom is 0.363 e. The summed E-state index contributed by atoms with van der Waals surface area (Å²) < 4.78 is 10.9. The van der Waals surface area contributed by atoms with Crippen molar-refractivity contribution in [2.24, 2.45) is 0 Å². The Labute approximate surface area is 74.0 Å². The lowest BCUT2D eigenvalue weighted by Gasteiger charge is -2.10. The Kier molecular flexibility index (Phi) is 2.83. The molecule has 1 atom stereocenters. The summed E-state index contributed by atoms with van der Waals surface area (Å²) in [7, 11) is 3.68. The van der Waals surface area contributed by atoms with Crippen molar-refractivity contribution in [2.75, 3.05) is 25.3 Å². The highest BCUT2D eigenvalue weighted by atomic mass is 32.2. The van der Waals surface area contributed by atoms with E-state index in [1.165, 1.54) is 12.5 Å². The fourth-order valence-electron chi connectivity index (χ4n) is 0.616. The van der Waals surface area contributed by atoms with Gasteiger partial charge in [0.15, 0.2) is 5.82 Å². The van der Waals surface area contributed by atoms with Crippen molar-refractivity contribution in [3.05, 3.63) is 6.20 Å². The van der Waals surface area contributed by atoms with E-state index in [1.54, 1.807) is 4.90 Å². The molecule has 0 aliphatic rings. The molecule has 12 heavy (non-hydrogen) atoms. The zero-order valence-electron chi connectivity index (χ0n) is 7.18. The van der Waals surface area contributed by atoms with Gasteiger partial charge in [0.25, 0.3) is 0 Å². The van der Waals surface area contributed by atoms with Crippen LogP contribution in [0.2, 0.25) is 0 Å². The minimum absolute atomic E-state index is 0.265. The highest BCUT2D eigenvalue weighted by molar-refractivity contribution is 7.90. The largest absolute Gasteiger partial charge is 0.609 e. The van der Waals surface area contributed by atoms with Gasteiger partial charge in [0.2, 0.25) is 0 Å². The molecule has 1 aromatic rings. The van der Waals surface area contributed by atoms with Crippen LogP contribution < -0.4 is 4.90 Å². The number of hydrogen-bond donors (Lipinski definition) is 0. The molecular weight excluding hydrogens is 176 g/mol. The number of anilines is 1. The molecule has 1 aromatic heterocycles. The summed E-state index contributed by atoms with van der Waals surface area (Å²) in [6.07, 6.45) is 3.05. The maximum absolute atomic E-state index is 10.9. The van der Waals surface area contributed by atoms with Gasteiger partial charge in [-0.1, -0.05) is 5.10 Å². The lowest BCUT2D eigenvalue weighted by molar-refractivity contribution is 0.588. The van der Waals surface area contributed by atoms with Crippen LogP contribution in [-0.4, -0.2) is 40.1 Å². The van der Waals surface area contributed by atoms with Crippen molar-refractivity contribution in [3.8, 4) is 0 Å². The first-order valence-corrected chi connectivity index (χ1v) is 4.87. The van der Waals surface area contributed by atoms with E-state index in [0.717, 1.165) is 0 Å². The molecule has 6 heteroatoms. The van der Waals surface area contributed by atoms with Crippen LogP contribution in [-0.2, 0) is 11.2 Å². The fraction of sp³-hybridized carbons (Fsp3) is 0.500. The van der Waals surface area contributed by atoms with Crippen molar-refractivity contribution in [2.45, 2.75) is 5.16 Å². The van der Waals surface area contributed by atoms with Crippen molar-refractivity contribution < 1.29 is 4.55 Å². The molecule has 0 fully saturated rings. The summed E-state index contributed by atoms with van der Waals surface area (Å²) in [6.45, 7) is 0. The summed E-state index contributed by atoms with van der Waals surface area (Å²) >= 11 is -1.17. The molecule has 1 heterocycles. The number of aromatic nitrogens is 3. The van der Waals surface area contributed by atoms with Gasteiger partial charge in [-0.15, -0.1) is 5.10 Å². The van der Waals surface area contributed by atoms with Gasteiger partial charge in [0.05, 0.1) is 6.20 Å². The predicted molar refractivity (Wildman–Crippen MR) is 46.5 cm³/mol. The summed E-state index contributed by atoms with van der Waals surface area (Å²) in [5.74, 6) is 0.662. The first-order chi connectivity index (χ1) is 5.61. The molecule has 0 saturated carbocycles. The van der Waals surface area contributed by atoms with Crippen LogP contribution in [0.25, 0.3) is 0 Å². The van der Waals surface area contributed by atoms with E-state index in [0.29, 0.717) is 5.82 Å². The van der Waals surface area contributed by atoms with E-state index in [2.05, 4.69) is 15.2 Å². The van der Waals surface area contributed by atoms with E-state index in [4.69, 9.17) is 0 Å². The number of nitrogens with zero attached hydrogens (tertiary/aromatic N) is 4. The van der Waals surface area contributed by atoms with Crippen LogP contribution in [0, 0.1) is 0 Å². The molecule has 66 valence electrons. The summed E-state index contributed by atoms with van der Waals surface area (Å²) in [5.41, 5.74) is 0. The second-order valence-corrected chi connectivity index (χ2v) is 3.72. The van der Waals surface area contributed by atoms with Crippen LogP contribution in [0.5, 0.6) is 0 Å². The molecule has 0 aliphatic carbocycles. The average Bonchev–Trinajstić information content (AvgIpc) is 2.04. The van der Waals surface area contributed by atoms with E-state index < -0.39 is 11.2 Å². The molecule has 0 saturated heterocycles. The van der Waals surface area contributed by atoms with E-state index >= 15 is 0 Å². The number of rotatable bonds is 2. The Bertz CT molecular complexity index is 242. The second kappa shape index (κ2) is 3.68. The highest BCUT2D eigenvalue weighted by Crippen LogP contribution is 2.06. The second-order valence-electron chi connectivity index (χ2n) is 2.45. The molecule has 0 radical (unpaired) electrons. The van der Waals surface area contributed by atoms with Gasteiger partial charge in [-0.25, -0.2) is 0 Å². The SMILES string of the molecule is CN(C)c1cnnc([S+](C)[O-])n1. The predicted octanol–water partition coefficient (Wildman–Crippen LogP) is -0.325. The lowest BCUT2D eigenvalue weighted by atomic mass is 10.6. The molecule has 0 spiro atoms. The molecule has 0 aliphatic heterocycles. The van der Waals surface area contributed by atoms with E-state index in [1.807, 2.05) is 14.1 Å². The smallest absolute Gasteiger partial charge is 0.363 e. The third-order valence-corrected chi connectivity index (χ3v) is 1.93. The van der Waals surface area contributed by atoms with Gasteiger partial charge in [-0.2, -0.15) is 4.98 Å². The first kappa shape index (κ1) is 9.21. The lowest BCUT2D eigenvalue weighted by Crippen LogP contribution is -2.14. The maximum atomic E-state index is 10.9. The molecule has 0 aromatic carbocycles. The van der Waals surface area contributed by atoms with Crippen LogP contribution in [0.15, 0.2) is 11.4 Å². The fourth-order valence-corrected chi connectivity index (χ4v) is 1.00. The van der Waals surface area contributed by atoms with Crippen LogP contribution >= 0.6 is 0 Å². The first-order valence-electron chi connectivity index (χ1n) is 3.31. The molecule has 0 amide bonds. The van der Waals surface area contributed by atoms with Gasteiger partial charge in [-0.05, 0) is 0 Å². The van der Waals surface area contributed by atoms with Crippen molar-refractivity contribution in [1.29, 1.82) is 0 Å². The summed E-state index contributed by atoms with van der Waals surface area (Å²) in [4.78, 5) is 5.81. The summed E-state index contributed by atoms with van der Waals surface area (Å²) in [5, 5.41) is 7.58. The van der Waals surface area contributed by atoms with Crippen LogP contribution in [0.4, 0.5) is 5.82 Å². The molecule has 1 unspecified atom stereocenters. The zero-order valence-corrected chi connectivity index (χ0v) is 8.00. The monoisotopic (exact) mass is 186 g/mol.